The van der Waals surface area contributed by atoms with E-state index in [1.165, 1.54) is 0 Å². The molecule has 2 nitrogen and oxygen atoms in total. The van der Waals surface area contributed by atoms with Crippen LogP contribution >= 0.6 is 0 Å². The van der Waals surface area contributed by atoms with Crippen molar-refractivity contribution in [1.82, 2.24) is 0 Å². The van der Waals surface area contributed by atoms with Gasteiger partial charge in [0.15, 0.2) is 0 Å². The van der Waals surface area contributed by atoms with Gasteiger partial charge in [-0.05, 0) is 23.1 Å². The number of benzene rings is 2. The first-order valence-corrected chi connectivity index (χ1v) is 6.28. The minimum absolute atomic E-state index is 0.524. The first-order chi connectivity index (χ1) is 8.70. The Balaban J connectivity index is 2.43. The second kappa shape index (κ2) is 5.34. The van der Waals surface area contributed by atoms with Crippen molar-refractivity contribution < 1.29 is 5.11 Å². The van der Waals surface area contributed by atoms with Crippen molar-refractivity contribution in [3.63, 3.8) is 0 Å². The Morgan fingerprint density at radius 3 is 2.00 bits per heavy atom. The van der Waals surface area contributed by atoms with Gasteiger partial charge >= 0.3 is 0 Å². The molecule has 94 valence electrons. The third-order valence-corrected chi connectivity index (χ3v) is 3.43. The average molecular weight is 241 g/mol. The van der Waals surface area contributed by atoms with Crippen LogP contribution in [0.25, 0.3) is 0 Å². The molecule has 18 heavy (non-hydrogen) atoms. The SMILES string of the molecule is CCC(O)(c1ccccc1)c1ccc(CN)cc1. The van der Waals surface area contributed by atoms with Gasteiger partial charge in [0.05, 0.1) is 0 Å². The summed E-state index contributed by atoms with van der Waals surface area (Å²) in [4.78, 5) is 0. The Labute approximate surface area is 108 Å². The molecule has 1 unspecified atom stereocenters. The lowest BCUT2D eigenvalue weighted by atomic mass is 9.84. The first-order valence-electron chi connectivity index (χ1n) is 6.28. The minimum atomic E-state index is -0.922. The summed E-state index contributed by atoms with van der Waals surface area (Å²) in [5, 5.41) is 10.9. The van der Waals surface area contributed by atoms with Gasteiger partial charge in [-0.25, -0.2) is 0 Å². The van der Waals surface area contributed by atoms with Crippen LogP contribution in [0.5, 0.6) is 0 Å². The van der Waals surface area contributed by atoms with E-state index in [2.05, 4.69) is 0 Å². The molecule has 0 amide bonds. The lowest BCUT2D eigenvalue weighted by molar-refractivity contribution is 0.0765. The van der Waals surface area contributed by atoms with Crippen molar-refractivity contribution in [2.24, 2.45) is 5.73 Å². The lowest BCUT2D eigenvalue weighted by Gasteiger charge is -2.28. The standard InChI is InChI=1S/C16H19NO/c1-2-16(18,14-6-4-3-5-7-14)15-10-8-13(12-17)9-11-15/h3-11,18H,2,12,17H2,1H3. The third kappa shape index (κ3) is 2.30. The summed E-state index contributed by atoms with van der Waals surface area (Å²) in [7, 11) is 0. The maximum Gasteiger partial charge on any atom is 0.114 e. The summed E-state index contributed by atoms with van der Waals surface area (Å²) in [6, 6.07) is 17.6. The fourth-order valence-corrected chi connectivity index (χ4v) is 2.21. The second-order valence-electron chi connectivity index (χ2n) is 4.48. The maximum atomic E-state index is 10.9. The molecule has 0 aliphatic carbocycles. The van der Waals surface area contributed by atoms with Gasteiger partial charge in [0.1, 0.15) is 5.60 Å². The topological polar surface area (TPSA) is 46.2 Å². The fourth-order valence-electron chi connectivity index (χ4n) is 2.21. The molecule has 0 radical (unpaired) electrons. The number of hydrogen-bond acceptors (Lipinski definition) is 2. The van der Waals surface area contributed by atoms with E-state index in [1.807, 2.05) is 61.5 Å². The Bertz CT molecular complexity index is 492. The highest BCUT2D eigenvalue weighted by atomic mass is 16.3. The van der Waals surface area contributed by atoms with Gasteiger partial charge in [0.2, 0.25) is 0 Å². The Hall–Kier alpha value is -1.64. The van der Waals surface area contributed by atoms with E-state index in [0.717, 1.165) is 16.7 Å². The molecular formula is C16H19NO. The summed E-state index contributed by atoms with van der Waals surface area (Å²) < 4.78 is 0. The van der Waals surface area contributed by atoms with E-state index >= 15 is 0 Å². The third-order valence-electron chi connectivity index (χ3n) is 3.43. The molecule has 0 aromatic heterocycles. The van der Waals surface area contributed by atoms with Crippen LogP contribution in [0.2, 0.25) is 0 Å². The van der Waals surface area contributed by atoms with Gasteiger partial charge in [0, 0.05) is 6.54 Å². The molecule has 0 spiro atoms. The van der Waals surface area contributed by atoms with Crippen LogP contribution in [-0.2, 0) is 12.1 Å². The minimum Gasteiger partial charge on any atom is -0.380 e. The Morgan fingerprint density at radius 1 is 0.944 bits per heavy atom. The van der Waals surface area contributed by atoms with E-state index in [9.17, 15) is 5.11 Å². The van der Waals surface area contributed by atoms with Gasteiger partial charge in [0.25, 0.3) is 0 Å². The molecule has 0 saturated heterocycles. The van der Waals surface area contributed by atoms with E-state index < -0.39 is 5.60 Å². The van der Waals surface area contributed by atoms with Crippen molar-refractivity contribution >= 4 is 0 Å². The molecule has 0 heterocycles. The summed E-state index contributed by atoms with van der Waals surface area (Å²) in [5.41, 5.74) is 7.58. The van der Waals surface area contributed by atoms with E-state index in [-0.39, 0.29) is 0 Å². The quantitative estimate of drug-likeness (QED) is 0.864. The highest BCUT2D eigenvalue weighted by molar-refractivity contribution is 5.37. The Morgan fingerprint density at radius 2 is 1.50 bits per heavy atom. The molecule has 3 N–H and O–H groups in total. The van der Waals surface area contributed by atoms with E-state index in [1.54, 1.807) is 0 Å². The maximum absolute atomic E-state index is 10.9. The summed E-state index contributed by atoms with van der Waals surface area (Å²) in [6.45, 7) is 2.51. The zero-order valence-electron chi connectivity index (χ0n) is 10.6. The smallest absolute Gasteiger partial charge is 0.114 e. The molecular weight excluding hydrogens is 222 g/mol. The van der Waals surface area contributed by atoms with Crippen LogP contribution in [0, 0.1) is 0 Å². The molecule has 2 aromatic carbocycles. The van der Waals surface area contributed by atoms with Gasteiger partial charge < -0.3 is 10.8 Å². The predicted molar refractivity (Wildman–Crippen MR) is 74.1 cm³/mol. The van der Waals surface area contributed by atoms with Gasteiger partial charge in [-0.15, -0.1) is 0 Å². The van der Waals surface area contributed by atoms with Crippen molar-refractivity contribution in [2.45, 2.75) is 25.5 Å². The monoisotopic (exact) mass is 241 g/mol. The average Bonchev–Trinajstić information content (AvgIpc) is 2.47. The number of hydrogen-bond donors (Lipinski definition) is 2. The number of nitrogens with two attached hydrogens (primary N) is 1. The van der Waals surface area contributed by atoms with Crippen LogP contribution in [-0.4, -0.2) is 5.11 Å². The highest BCUT2D eigenvalue weighted by Gasteiger charge is 2.28. The summed E-state index contributed by atoms with van der Waals surface area (Å²) in [5.74, 6) is 0. The van der Waals surface area contributed by atoms with Crippen LogP contribution in [0.3, 0.4) is 0 Å². The molecule has 0 bridgehead atoms. The molecule has 2 aromatic rings. The van der Waals surface area contributed by atoms with Crippen molar-refractivity contribution in [3.8, 4) is 0 Å². The largest absolute Gasteiger partial charge is 0.380 e. The molecule has 0 saturated carbocycles. The molecule has 0 aliphatic rings. The zero-order chi connectivity index (χ0) is 13.0. The van der Waals surface area contributed by atoms with Crippen LogP contribution in [0.15, 0.2) is 54.6 Å². The van der Waals surface area contributed by atoms with Crippen molar-refractivity contribution in [1.29, 1.82) is 0 Å². The summed E-state index contributed by atoms with van der Waals surface area (Å²) in [6.07, 6.45) is 0.638. The first kappa shape index (κ1) is 12.8. The van der Waals surface area contributed by atoms with Crippen molar-refractivity contribution in [3.05, 3.63) is 71.3 Å². The normalized spacial score (nSPS) is 14.2. The highest BCUT2D eigenvalue weighted by Crippen LogP contribution is 2.32. The van der Waals surface area contributed by atoms with Gasteiger partial charge in [-0.3, -0.25) is 0 Å². The summed E-state index contributed by atoms with van der Waals surface area (Å²) >= 11 is 0. The molecule has 0 aliphatic heterocycles. The van der Waals surface area contributed by atoms with Crippen LogP contribution in [0.4, 0.5) is 0 Å². The van der Waals surface area contributed by atoms with Gasteiger partial charge in [-0.2, -0.15) is 0 Å². The second-order valence-corrected chi connectivity index (χ2v) is 4.48. The predicted octanol–water partition coefficient (Wildman–Crippen LogP) is 2.79. The molecule has 0 fully saturated rings. The van der Waals surface area contributed by atoms with Crippen LogP contribution < -0.4 is 5.73 Å². The number of aliphatic hydroxyl groups is 1. The fraction of sp³-hybridized carbons (Fsp3) is 0.250. The van der Waals surface area contributed by atoms with Crippen LogP contribution in [0.1, 0.15) is 30.0 Å². The van der Waals surface area contributed by atoms with Gasteiger partial charge in [-0.1, -0.05) is 61.5 Å². The number of rotatable bonds is 4. The molecule has 2 rings (SSSR count). The Kier molecular flexibility index (Phi) is 3.80. The molecule has 2 heteroatoms. The van der Waals surface area contributed by atoms with E-state index in [0.29, 0.717) is 13.0 Å². The zero-order valence-corrected chi connectivity index (χ0v) is 10.6. The van der Waals surface area contributed by atoms with E-state index in [4.69, 9.17) is 5.73 Å². The lowest BCUT2D eigenvalue weighted by Crippen LogP contribution is -2.26. The van der Waals surface area contributed by atoms with Crippen molar-refractivity contribution in [2.75, 3.05) is 0 Å². The molecule has 1 atom stereocenters.